The fourth-order valence-corrected chi connectivity index (χ4v) is 1.97. The van der Waals surface area contributed by atoms with E-state index >= 15 is 0 Å². The Balaban J connectivity index is 3.51. The summed E-state index contributed by atoms with van der Waals surface area (Å²) in [6.45, 7) is 0.877. The zero-order valence-electron chi connectivity index (χ0n) is 7.39. The van der Waals surface area contributed by atoms with Gasteiger partial charge in [0.2, 0.25) is 0 Å². The molecule has 0 saturated carbocycles. The highest BCUT2D eigenvalue weighted by atomic mass is 28.4. The number of rotatable bonds is 6. The van der Waals surface area contributed by atoms with Crippen molar-refractivity contribution in [3.05, 3.63) is 0 Å². The van der Waals surface area contributed by atoms with E-state index in [2.05, 4.69) is 5.32 Å². The van der Waals surface area contributed by atoms with Gasteiger partial charge in [-0.15, -0.1) is 0 Å². The third-order valence-electron chi connectivity index (χ3n) is 1.56. The second-order valence-electron chi connectivity index (χ2n) is 2.33. The summed E-state index contributed by atoms with van der Waals surface area (Å²) in [5, 5.41) is 2.99. The Morgan fingerprint density at radius 1 is 1.36 bits per heavy atom. The Morgan fingerprint density at radius 2 is 1.91 bits per heavy atom. The molecular weight excluding hydrogens is 162 g/mol. The summed E-state index contributed by atoms with van der Waals surface area (Å²) in [5.74, 6) is 0. The van der Waals surface area contributed by atoms with Gasteiger partial charge in [0.05, 0.1) is 0 Å². The first-order valence-corrected chi connectivity index (χ1v) is 5.63. The average molecular weight is 179 g/mol. The molecule has 0 amide bonds. The zero-order valence-corrected chi connectivity index (χ0v) is 8.39. The lowest BCUT2D eigenvalue weighted by Gasteiger charge is -2.19. The van der Waals surface area contributed by atoms with E-state index in [1.165, 1.54) is 14.2 Å². The van der Waals surface area contributed by atoms with Crippen molar-refractivity contribution in [1.29, 1.82) is 0 Å². The van der Waals surface area contributed by atoms with Gasteiger partial charge in [0.15, 0.2) is 0 Å². The summed E-state index contributed by atoms with van der Waals surface area (Å²) in [5.41, 5.74) is 0. The molecular formula is C6H17NO3Si. The summed E-state index contributed by atoms with van der Waals surface area (Å²) < 4.78 is 9.76. The molecule has 0 radical (unpaired) electrons. The van der Waals surface area contributed by atoms with Gasteiger partial charge in [-0.05, 0) is 20.0 Å². The lowest BCUT2D eigenvalue weighted by Crippen LogP contribution is -2.40. The molecule has 0 aliphatic rings. The van der Waals surface area contributed by atoms with Crippen LogP contribution >= 0.6 is 0 Å². The fraction of sp³-hybridized carbons (Fsp3) is 1.00. The molecule has 4 nitrogen and oxygen atoms in total. The third kappa shape index (κ3) is 4.49. The Labute approximate surface area is 68.9 Å². The van der Waals surface area contributed by atoms with Crippen LogP contribution in [0.1, 0.15) is 6.42 Å². The summed E-state index contributed by atoms with van der Waals surface area (Å²) in [6.07, 6.45) is 0.876. The van der Waals surface area contributed by atoms with Crippen molar-refractivity contribution in [2.45, 2.75) is 12.5 Å². The van der Waals surface area contributed by atoms with Gasteiger partial charge in [-0.3, -0.25) is 0 Å². The smallest absolute Gasteiger partial charge is 0.390 e. The van der Waals surface area contributed by atoms with Crippen LogP contribution in [0.4, 0.5) is 0 Å². The molecule has 0 unspecified atom stereocenters. The predicted molar refractivity (Wildman–Crippen MR) is 45.3 cm³/mol. The fourth-order valence-electron chi connectivity index (χ4n) is 0.776. The van der Waals surface area contributed by atoms with Crippen LogP contribution in [0.5, 0.6) is 0 Å². The van der Waals surface area contributed by atoms with E-state index in [0.717, 1.165) is 13.0 Å². The maximum absolute atomic E-state index is 9.52. The Bertz CT molecular complexity index is 97.8. The topological polar surface area (TPSA) is 50.7 Å². The lowest BCUT2D eigenvalue weighted by atomic mass is 10.5. The van der Waals surface area contributed by atoms with Crippen LogP contribution in [0, 0.1) is 0 Å². The van der Waals surface area contributed by atoms with Crippen molar-refractivity contribution in [1.82, 2.24) is 5.32 Å². The molecule has 0 atom stereocenters. The molecule has 0 aliphatic carbocycles. The largest absolute Gasteiger partial charge is 0.497 e. The van der Waals surface area contributed by atoms with Crippen molar-refractivity contribution in [3.63, 3.8) is 0 Å². The van der Waals surface area contributed by atoms with Crippen LogP contribution in [0.2, 0.25) is 6.04 Å². The van der Waals surface area contributed by atoms with Gasteiger partial charge in [-0.1, -0.05) is 0 Å². The number of hydrogen-bond acceptors (Lipinski definition) is 4. The number of hydrogen-bond donors (Lipinski definition) is 2. The maximum atomic E-state index is 9.52. The quantitative estimate of drug-likeness (QED) is 0.439. The SMILES string of the molecule is CNCCC[Si](O)(OC)OC. The van der Waals surface area contributed by atoms with Gasteiger partial charge >= 0.3 is 8.80 Å². The molecule has 0 aromatic heterocycles. The second-order valence-corrected chi connectivity index (χ2v) is 5.07. The van der Waals surface area contributed by atoms with Gasteiger partial charge in [0, 0.05) is 20.3 Å². The molecule has 0 aromatic rings. The molecule has 0 fully saturated rings. The van der Waals surface area contributed by atoms with Crippen molar-refractivity contribution < 1.29 is 13.6 Å². The van der Waals surface area contributed by atoms with Crippen molar-refractivity contribution in [3.8, 4) is 0 Å². The Kier molecular flexibility index (Phi) is 5.70. The maximum Gasteiger partial charge on any atom is 0.497 e. The molecule has 0 aliphatic heterocycles. The molecule has 0 heterocycles. The highest BCUT2D eigenvalue weighted by molar-refractivity contribution is 6.59. The highest BCUT2D eigenvalue weighted by Gasteiger charge is 2.32. The van der Waals surface area contributed by atoms with E-state index in [0.29, 0.717) is 6.04 Å². The van der Waals surface area contributed by atoms with E-state index in [-0.39, 0.29) is 0 Å². The first kappa shape index (κ1) is 11.1. The van der Waals surface area contributed by atoms with Crippen molar-refractivity contribution >= 4 is 8.80 Å². The monoisotopic (exact) mass is 179 g/mol. The predicted octanol–water partition coefficient (Wildman–Crippen LogP) is -0.180. The normalized spacial score (nSPS) is 12.0. The van der Waals surface area contributed by atoms with E-state index in [4.69, 9.17) is 8.85 Å². The van der Waals surface area contributed by atoms with Crippen LogP contribution < -0.4 is 5.32 Å². The molecule has 0 spiro atoms. The highest BCUT2D eigenvalue weighted by Crippen LogP contribution is 2.08. The van der Waals surface area contributed by atoms with E-state index in [9.17, 15) is 4.80 Å². The van der Waals surface area contributed by atoms with Crippen LogP contribution in [0.3, 0.4) is 0 Å². The summed E-state index contributed by atoms with van der Waals surface area (Å²) in [4.78, 5) is 9.52. The minimum Gasteiger partial charge on any atom is -0.390 e. The first-order chi connectivity index (χ1) is 5.18. The van der Waals surface area contributed by atoms with Gasteiger partial charge < -0.3 is 19.0 Å². The van der Waals surface area contributed by atoms with Gasteiger partial charge in [-0.25, -0.2) is 0 Å². The van der Waals surface area contributed by atoms with Gasteiger partial charge in [0.25, 0.3) is 0 Å². The molecule has 0 saturated heterocycles. The molecule has 11 heavy (non-hydrogen) atoms. The minimum atomic E-state index is -2.77. The molecule has 68 valence electrons. The summed E-state index contributed by atoms with van der Waals surface area (Å²) >= 11 is 0. The molecule has 0 rings (SSSR count). The van der Waals surface area contributed by atoms with Crippen LogP contribution in [0.15, 0.2) is 0 Å². The zero-order chi connectivity index (χ0) is 8.74. The second kappa shape index (κ2) is 5.67. The van der Waals surface area contributed by atoms with Crippen LogP contribution in [0.25, 0.3) is 0 Å². The number of nitrogens with one attached hydrogen (secondary N) is 1. The minimum absolute atomic E-state index is 0.612. The third-order valence-corrected chi connectivity index (χ3v) is 3.82. The van der Waals surface area contributed by atoms with Crippen LogP contribution in [-0.2, 0) is 8.85 Å². The van der Waals surface area contributed by atoms with Crippen LogP contribution in [-0.4, -0.2) is 41.4 Å². The molecule has 2 N–H and O–H groups in total. The molecule has 0 bridgehead atoms. The lowest BCUT2D eigenvalue weighted by molar-refractivity contribution is 0.150. The van der Waals surface area contributed by atoms with E-state index in [1.807, 2.05) is 7.05 Å². The van der Waals surface area contributed by atoms with Gasteiger partial charge in [-0.2, -0.15) is 0 Å². The Hall–Kier alpha value is 0.0569. The van der Waals surface area contributed by atoms with Gasteiger partial charge in [0.1, 0.15) is 0 Å². The Morgan fingerprint density at radius 3 is 2.27 bits per heavy atom. The average Bonchev–Trinajstić information content (AvgIpc) is 2.05. The van der Waals surface area contributed by atoms with Crippen molar-refractivity contribution in [2.24, 2.45) is 0 Å². The standard InChI is InChI=1S/C6H17NO3Si/c1-7-5-4-6-11(8,9-2)10-3/h7-8H,4-6H2,1-3H3. The summed E-state index contributed by atoms with van der Waals surface area (Å²) in [7, 11) is 2.06. The van der Waals surface area contributed by atoms with Crippen molar-refractivity contribution in [2.75, 3.05) is 27.8 Å². The molecule has 0 aromatic carbocycles. The molecule has 5 heteroatoms. The summed E-state index contributed by atoms with van der Waals surface area (Å²) in [6, 6.07) is 0.612. The first-order valence-electron chi connectivity index (χ1n) is 3.66. The van der Waals surface area contributed by atoms with E-state index < -0.39 is 8.80 Å². The van der Waals surface area contributed by atoms with E-state index in [1.54, 1.807) is 0 Å².